The average molecular weight is 423 g/mol. The monoisotopic (exact) mass is 422 g/mol. The van der Waals surface area contributed by atoms with E-state index in [0.717, 1.165) is 64.0 Å². The number of morpholine rings is 1. The first kappa shape index (κ1) is 22.0. The number of hydrogen-bond donors (Lipinski definition) is 2. The van der Waals surface area contributed by atoms with Crippen LogP contribution < -0.4 is 20.4 Å². The largest absolute Gasteiger partial charge is 0.385 e. The first-order chi connectivity index (χ1) is 14.0. The Morgan fingerprint density at radius 3 is 2.48 bits per heavy atom. The average Bonchev–Trinajstić information content (AvgIpc) is 2.71. The molecule has 0 aromatic carbocycles. The van der Waals surface area contributed by atoms with Crippen molar-refractivity contribution in [2.45, 2.75) is 26.7 Å². The van der Waals surface area contributed by atoms with Crippen LogP contribution >= 0.6 is 12.2 Å². The van der Waals surface area contributed by atoms with Crippen molar-refractivity contribution in [2.24, 2.45) is 11.8 Å². The van der Waals surface area contributed by atoms with Crippen molar-refractivity contribution in [1.29, 1.82) is 0 Å². The molecular weight excluding hydrogens is 388 g/mol. The lowest BCUT2D eigenvalue weighted by atomic mass is 9.92. The second-order valence-electron chi connectivity index (χ2n) is 8.09. The van der Waals surface area contributed by atoms with Gasteiger partial charge in [0.25, 0.3) is 0 Å². The van der Waals surface area contributed by atoms with Crippen LogP contribution in [0, 0.1) is 11.8 Å². The molecule has 3 rings (SSSR count). The van der Waals surface area contributed by atoms with Crippen LogP contribution in [-0.2, 0) is 9.47 Å². The highest BCUT2D eigenvalue weighted by Crippen LogP contribution is 2.28. The van der Waals surface area contributed by atoms with Gasteiger partial charge in [-0.25, -0.2) is 0 Å². The Bertz CT molecular complexity index is 660. The van der Waals surface area contributed by atoms with Gasteiger partial charge in [-0.3, -0.25) is 0 Å². The van der Waals surface area contributed by atoms with Crippen molar-refractivity contribution < 1.29 is 9.47 Å². The van der Waals surface area contributed by atoms with Crippen LogP contribution in [0.1, 0.15) is 26.7 Å². The van der Waals surface area contributed by atoms with Crippen molar-refractivity contribution in [2.75, 3.05) is 74.8 Å². The zero-order valence-electron chi connectivity index (χ0n) is 17.8. The lowest BCUT2D eigenvalue weighted by Gasteiger charge is -2.36. The molecule has 2 aliphatic rings. The van der Waals surface area contributed by atoms with Gasteiger partial charge >= 0.3 is 0 Å². The SMILES string of the molecule is COCCCNC(=S)Nc1nc(N2CCOCC2)cc(N2C[C@H](C)C[C@@H](C)C2)n1. The molecule has 2 atom stereocenters. The lowest BCUT2D eigenvalue weighted by molar-refractivity contribution is 0.122. The van der Waals surface area contributed by atoms with Gasteiger partial charge in [-0.15, -0.1) is 0 Å². The van der Waals surface area contributed by atoms with E-state index >= 15 is 0 Å². The zero-order valence-corrected chi connectivity index (χ0v) is 18.6. The van der Waals surface area contributed by atoms with E-state index in [2.05, 4.69) is 40.3 Å². The summed E-state index contributed by atoms with van der Waals surface area (Å²) in [5.74, 6) is 3.73. The van der Waals surface area contributed by atoms with Crippen LogP contribution in [0.25, 0.3) is 0 Å². The van der Waals surface area contributed by atoms with Crippen molar-refractivity contribution in [3.63, 3.8) is 0 Å². The topological polar surface area (TPSA) is 74.8 Å². The van der Waals surface area contributed by atoms with Gasteiger partial charge < -0.3 is 29.9 Å². The van der Waals surface area contributed by atoms with E-state index in [1.165, 1.54) is 6.42 Å². The third-order valence-corrected chi connectivity index (χ3v) is 5.51. The summed E-state index contributed by atoms with van der Waals surface area (Å²) in [7, 11) is 1.70. The normalized spacial score (nSPS) is 22.4. The number of rotatable bonds is 7. The summed E-state index contributed by atoms with van der Waals surface area (Å²) in [4.78, 5) is 14.2. The number of piperidine rings is 1. The maximum absolute atomic E-state index is 5.50. The molecular formula is C20H34N6O2S. The Labute approximate surface area is 179 Å². The standard InChI is InChI=1S/C20H34N6O2S/c1-15-11-16(2)14-26(13-15)18-12-17(25-6-9-28-10-7-25)22-19(23-18)24-20(29)21-5-4-8-27-3/h12,15-16H,4-11,13-14H2,1-3H3,(H2,21,22,23,24,29)/t15-,16-/m1/s1. The second kappa shape index (κ2) is 10.9. The van der Waals surface area contributed by atoms with Crippen LogP contribution in [0.15, 0.2) is 6.07 Å². The summed E-state index contributed by atoms with van der Waals surface area (Å²) < 4.78 is 10.6. The third kappa shape index (κ3) is 6.65. The number of methoxy groups -OCH3 is 1. The predicted octanol–water partition coefficient (Wildman–Crippen LogP) is 2.12. The molecule has 0 aliphatic carbocycles. The highest BCUT2D eigenvalue weighted by Gasteiger charge is 2.25. The molecule has 2 N–H and O–H groups in total. The van der Waals surface area contributed by atoms with E-state index in [4.69, 9.17) is 31.7 Å². The van der Waals surface area contributed by atoms with E-state index < -0.39 is 0 Å². The van der Waals surface area contributed by atoms with E-state index in [-0.39, 0.29) is 0 Å². The maximum atomic E-state index is 5.50. The van der Waals surface area contributed by atoms with Crippen molar-refractivity contribution in [3.05, 3.63) is 6.07 Å². The van der Waals surface area contributed by atoms with Gasteiger partial charge in [0.2, 0.25) is 5.95 Å². The minimum Gasteiger partial charge on any atom is -0.385 e. The lowest BCUT2D eigenvalue weighted by Crippen LogP contribution is -2.40. The quantitative estimate of drug-likeness (QED) is 0.508. The van der Waals surface area contributed by atoms with Gasteiger partial charge in [-0.2, -0.15) is 9.97 Å². The number of aromatic nitrogens is 2. The molecule has 29 heavy (non-hydrogen) atoms. The summed E-state index contributed by atoms with van der Waals surface area (Å²) in [6.45, 7) is 11.2. The number of thiocarbonyl (C=S) groups is 1. The van der Waals surface area contributed by atoms with E-state index in [0.29, 0.717) is 29.5 Å². The number of ether oxygens (including phenoxy) is 2. The summed E-state index contributed by atoms with van der Waals surface area (Å²) in [5, 5.41) is 6.90. The van der Waals surface area contributed by atoms with Gasteiger partial charge in [-0.1, -0.05) is 13.8 Å². The fourth-order valence-electron chi connectivity index (χ4n) is 4.01. The Morgan fingerprint density at radius 1 is 1.17 bits per heavy atom. The Morgan fingerprint density at radius 2 is 1.83 bits per heavy atom. The van der Waals surface area contributed by atoms with Gasteiger partial charge in [0.05, 0.1) is 13.2 Å². The number of anilines is 3. The molecule has 0 spiro atoms. The molecule has 0 radical (unpaired) electrons. The molecule has 1 aromatic heterocycles. The molecule has 0 unspecified atom stereocenters. The highest BCUT2D eigenvalue weighted by molar-refractivity contribution is 7.80. The number of nitrogens with one attached hydrogen (secondary N) is 2. The molecule has 2 aliphatic heterocycles. The van der Waals surface area contributed by atoms with Gasteiger partial charge in [0.15, 0.2) is 5.11 Å². The van der Waals surface area contributed by atoms with Crippen LogP contribution in [0.5, 0.6) is 0 Å². The molecule has 162 valence electrons. The highest BCUT2D eigenvalue weighted by atomic mass is 32.1. The second-order valence-corrected chi connectivity index (χ2v) is 8.49. The summed E-state index contributed by atoms with van der Waals surface area (Å²) >= 11 is 5.43. The minimum atomic E-state index is 0.534. The Balaban J connectivity index is 1.76. The van der Waals surface area contributed by atoms with Crippen LogP contribution in [-0.4, -0.2) is 74.7 Å². The van der Waals surface area contributed by atoms with Gasteiger partial charge in [0.1, 0.15) is 11.6 Å². The molecule has 0 bridgehead atoms. The molecule has 2 fully saturated rings. The van der Waals surface area contributed by atoms with Crippen molar-refractivity contribution in [3.8, 4) is 0 Å². The molecule has 8 nitrogen and oxygen atoms in total. The molecule has 0 saturated carbocycles. The first-order valence-corrected chi connectivity index (χ1v) is 11.0. The molecule has 1 aromatic rings. The van der Waals surface area contributed by atoms with Crippen LogP contribution in [0.2, 0.25) is 0 Å². The summed E-state index contributed by atoms with van der Waals surface area (Å²) in [5.41, 5.74) is 0. The fraction of sp³-hybridized carbons (Fsp3) is 0.750. The van der Waals surface area contributed by atoms with Crippen LogP contribution in [0.4, 0.5) is 17.6 Å². The molecule has 2 saturated heterocycles. The minimum absolute atomic E-state index is 0.534. The molecule has 9 heteroatoms. The van der Waals surface area contributed by atoms with E-state index in [1.54, 1.807) is 7.11 Å². The predicted molar refractivity (Wildman–Crippen MR) is 121 cm³/mol. The number of nitrogens with zero attached hydrogens (tertiary/aromatic N) is 4. The van der Waals surface area contributed by atoms with Crippen molar-refractivity contribution >= 4 is 34.9 Å². The third-order valence-electron chi connectivity index (χ3n) is 5.26. The summed E-state index contributed by atoms with van der Waals surface area (Å²) in [6, 6.07) is 2.11. The van der Waals surface area contributed by atoms with E-state index in [1.807, 2.05) is 0 Å². The Hall–Kier alpha value is -1.71. The maximum Gasteiger partial charge on any atom is 0.232 e. The summed E-state index contributed by atoms with van der Waals surface area (Å²) in [6.07, 6.45) is 2.15. The van der Waals surface area contributed by atoms with Gasteiger partial charge in [-0.05, 0) is 36.9 Å². The zero-order chi connectivity index (χ0) is 20.6. The van der Waals surface area contributed by atoms with Crippen LogP contribution in [0.3, 0.4) is 0 Å². The van der Waals surface area contributed by atoms with Crippen molar-refractivity contribution in [1.82, 2.24) is 15.3 Å². The Kier molecular flexibility index (Phi) is 8.26. The van der Waals surface area contributed by atoms with Gasteiger partial charge in [0, 0.05) is 52.5 Å². The smallest absolute Gasteiger partial charge is 0.232 e. The first-order valence-electron chi connectivity index (χ1n) is 10.6. The molecule has 3 heterocycles. The molecule has 0 amide bonds. The fourth-order valence-corrected chi connectivity index (χ4v) is 4.20. The van der Waals surface area contributed by atoms with E-state index in [9.17, 15) is 0 Å². The number of hydrogen-bond acceptors (Lipinski definition) is 7.